The molecule has 90 valence electrons. The minimum absolute atomic E-state index is 0.0163. The molecule has 5 heteroatoms. The van der Waals surface area contributed by atoms with Crippen LogP contribution in [0, 0.1) is 0 Å². The van der Waals surface area contributed by atoms with Gasteiger partial charge in [-0.25, -0.2) is 0 Å². The van der Waals surface area contributed by atoms with Crippen LogP contribution in [0.15, 0.2) is 0 Å². The quantitative estimate of drug-likeness (QED) is 0.497. The highest BCUT2D eigenvalue weighted by atomic mass is 16.5. The van der Waals surface area contributed by atoms with Crippen LogP contribution in [-0.4, -0.2) is 52.5 Å². The fraction of sp³-hybridized carbons (Fsp3) is 0.900. The van der Waals surface area contributed by atoms with E-state index in [1.165, 1.54) is 0 Å². The standard InChI is InChI=1S/C10H22N2O3/c1-3-15-8-6-11-9-10(13)12-5-4-7-14-2/h11H,3-9H2,1-2H3,(H,12,13). The van der Waals surface area contributed by atoms with Crippen molar-refractivity contribution in [2.45, 2.75) is 13.3 Å². The van der Waals surface area contributed by atoms with Crippen molar-refractivity contribution >= 4 is 5.91 Å². The monoisotopic (exact) mass is 218 g/mol. The van der Waals surface area contributed by atoms with E-state index in [0.717, 1.165) is 6.42 Å². The molecule has 0 atom stereocenters. The number of hydrogen-bond acceptors (Lipinski definition) is 4. The number of nitrogens with one attached hydrogen (secondary N) is 2. The van der Waals surface area contributed by atoms with Gasteiger partial charge in [-0.1, -0.05) is 0 Å². The van der Waals surface area contributed by atoms with Crippen LogP contribution in [0.3, 0.4) is 0 Å². The second kappa shape index (κ2) is 11.4. The molecule has 0 unspecified atom stereocenters. The van der Waals surface area contributed by atoms with Crippen LogP contribution in [0.25, 0.3) is 0 Å². The number of hydrogen-bond donors (Lipinski definition) is 2. The van der Waals surface area contributed by atoms with E-state index in [2.05, 4.69) is 10.6 Å². The molecular formula is C10H22N2O3. The second-order valence-corrected chi connectivity index (χ2v) is 3.07. The normalized spacial score (nSPS) is 10.3. The van der Waals surface area contributed by atoms with Crippen LogP contribution >= 0.6 is 0 Å². The minimum Gasteiger partial charge on any atom is -0.385 e. The number of carbonyl (C=O) groups is 1. The fourth-order valence-electron chi connectivity index (χ4n) is 0.997. The summed E-state index contributed by atoms with van der Waals surface area (Å²) in [6.45, 7) is 5.71. The number of methoxy groups -OCH3 is 1. The van der Waals surface area contributed by atoms with Crippen molar-refractivity contribution in [2.24, 2.45) is 0 Å². The Morgan fingerprint density at radius 3 is 2.73 bits per heavy atom. The number of rotatable bonds is 10. The van der Waals surface area contributed by atoms with Crippen LogP contribution < -0.4 is 10.6 Å². The van der Waals surface area contributed by atoms with E-state index in [4.69, 9.17) is 9.47 Å². The van der Waals surface area contributed by atoms with Crippen molar-refractivity contribution in [3.8, 4) is 0 Å². The van der Waals surface area contributed by atoms with E-state index < -0.39 is 0 Å². The van der Waals surface area contributed by atoms with E-state index in [1.54, 1.807) is 7.11 Å². The zero-order valence-electron chi connectivity index (χ0n) is 9.67. The highest BCUT2D eigenvalue weighted by molar-refractivity contribution is 5.77. The molecule has 0 aromatic rings. The Balaban J connectivity index is 3.11. The van der Waals surface area contributed by atoms with Gasteiger partial charge in [-0.15, -0.1) is 0 Å². The maximum absolute atomic E-state index is 11.2. The van der Waals surface area contributed by atoms with E-state index in [9.17, 15) is 4.79 Å². The van der Waals surface area contributed by atoms with Crippen molar-refractivity contribution in [2.75, 3.05) is 46.6 Å². The summed E-state index contributed by atoms with van der Waals surface area (Å²) in [5, 5.41) is 5.78. The molecule has 0 saturated carbocycles. The minimum atomic E-state index is 0.0163. The van der Waals surface area contributed by atoms with Crippen LogP contribution in [0.2, 0.25) is 0 Å². The summed E-state index contributed by atoms with van der Waals surface area (Å²) in [6.07, 6.45) is 0.848. The van der Waals surface area contributed by atoms with Gasteiger partial charge in [0.1, 0.15) is 0 Å². The molecule has 0 aliphatic heterocycles. The smallest absolute Gasteiger partial charge is 0.233 e. The van der Waals surface area contributed by atoms with Gasteiger partial charge in [-0.3, -0.25) is 4.79 Å². The van der Waals surface area contributed by atoms with E-state index >= 15 is 0 Å². The molecule has 2 N–H and O–H groups in total. The molecule has 0 aromatic heterocycles. The Morgan fingerprint density at radius 1 is 1.27 bits per heavy atom. The van der Waals surface area contributed by atoms with E-state index in [0.29, 0.717) is 39.5 Å². The highest BCUT2D eigenvalue weighted by Gasteiger charge is 1.98. The molecule has 0 aromatic carbocycles. The largest absolute Gasteiger partial charge is 0.385 e. The first kappa shape index (κ1) is 14.3. The van der Waals surface area contributed by atoms with Gasteiger partial charge in [-0.2, -0.15) is 0 Å². The molecule has 0 aliphatic carbocycles. The van der Waals surface area contributed by atoms with Crippen molar-refractivity contribution < 1.29 is 14.3 Å². The van der Waals surface area contributed by atoms with Gasteiger partial charge in [0, 0.05) is 33.4 Å². The average Bonchev–Trinajstić information content (AvgIpc) is 2.24. The van der Waals surface area contributed by atoms with Gasteiger partial charge >= 0.3 is 0 Å². The summed E-state index contributed by atoms with van der Waals surface area (Å²) in [6, 6.07) is 0. The molecule has 0 saturated heterocycles. The molecule has 0 rings (SSSR count). The van der Waals surface area contributed by atoms with Gasteiger partial charge < -0.3 is 20.1 Å². The summed E-state index contributed by atoms with van der Waals surface area (Å²) in [7, 11) is 1.65. The number of carbonyl (C=O) groups excluding carboxylic acids is 1. The maximum atomic E-state index is 11.2. The Hall–Kier alpha value is -0.650. The SMILES string of the molecule is CCOCCNCC(=O)NCCCOC. The maximum Gasteiger partial charge on any atom is 0.233 e. The molecule has 0 spiro atoms. The lowest BCUT2D eigenvalue weighted by atomic mass is 10.4. The summed E-state index contributed by atoms with van der Waals surface area (Å²) < 4.78 is 9.98. The van der Waals surface area contributed by atoms with Gasteiger partial charge in [0.25, 0.3) is 0 Å². The lowest BCUT2D eigenvalue weighted by molar-refractivity contribution is -0.120. The predicted molar refractivity (Wildman–Crippen MR) is 58.9 cm³/mol. The molecule has 0 aliphatic rings. The van der Waals surface area contributed by atoms with E-state index in [1.807, 2.05) is 6.92 Å². The van der Waals surface area contributed by atoms with Gasteiger partial charge in [0.15, 0.2) is 0 Å². The molecular weight excluding hydrogens is 196 g/mol. The molecule has 0 fully saturated rings. The molecule has 0 heterocycles. The first-order valence-corrected chi connectivity index (χ1v) is 5.35. The van der Waals surface area contributed by atoms with Crippen LogP contribution in [-0.2, 0) is 14.3 Å². The summed E-state index contributed by atoms with van der Waals surface area (Å²) in [5.74, 6) is 0.0163. The van der Waals surface area contributed by atoms with Crippen molar-refractivity contribution in [1.29, 1.82) is 0 Å². The number of ether oxygens (including phenoxy) is 2. The third-order valence-electron chi connectivity index (χ3n) is 1.76. The highest BCUT2D eigenvalue weighted by Crippen LogP contribution is 1.77. The van der Waals surface area contributed by atoms with Crippen LogP contribution in [0.1, 0.15) is 13.3 Å². The van der Waals surface area contributed by atoms with Crippen molar-refractivity contribution in [3.63, 3.8) is 0 Å². The van der Waals surface area contributed by atoms with Crippen LogP contribution in [0.5, 0.6) is 0 Å². The molecule has 0 radical (unpaired) electrons. The predicted octanol–water partition coefficient (Wildman–Crippen LogP) is -0.235. The number of amides is 1. The topological polar surface area (TPSA) is 59.6 Å². The Morgan fingerprint density at radius 2 is 2.07 bits per heavy atom. The van der Waals surface area contributed by atoms with Crippen molar-refractivity contribution in [1.82, 2.24) is 10.6 Å². The summed E-state index contributed by atoms with van der Waals surface area (Å²) in [5.41, 5.74) is 0. The summed E-state index contributed by atoms with van der Waals surface area (Å²) >= 11 is 0. The summed E-state index contributed by atoms with van der Waals surface area (Å²) in [4.78, 5) is 11.2. The zero-order chi connectivity index (χ0) is 11.4. The van der Waals surface area contributed by atoms with Crippen LogP contribution in [0.4, 0.5) is 0 Å². The molecule has 15 heavy (non-hydrogen) atoms. The molecule has 5 nitrogen and oxygen atoms in total. The van der Waals surface area contributed by atoms with Crippen molar-refractivity contribution in [3.05, 3.63) is 0 Å². The average molecular weight is 218 g/mol. The third kappa shape index (κ3) is 11.3. The second-order valence-electron chi connectivity index (χ2n) is 3.07. The zero-order valence-corrected chi connectivity index (χ0v) is 9.67. The Bertz CT molecular complexity index is 154. The van der Waals surface area contributed by atoms with Gasteiger partial charge in [-0.05, 0) is 13.3 Å². The Kier molecular flexibility index (Phi) is 10.9. The first-order valence-electron chi connectivity index (χ1n) is 5.35. The van der Waals surface area contributed by atoms with Gasteiger partial charge in [0.2, 0.25) is 5.91 Å². The fourth-order valence-corrected chi connectivity index (χ4v) is 0.997. The van der Waals surface area contributed by atoms with Gasteiger partial charge in [0.05, 0.1) is 13.2 Å². The van der Waals surface area contributed by atoms with E-state index in [-0.39, 0.29) is 5.91 Å². The molecule has 0 bridgehead atoms. The Labute approximate surface area is 91.5 Å². The third-order valence-corrected chi connectivity index (χ3v) is 1.76. The lowest BCUT2D eigenvalue weighted by Crippen LogP contribution is -2.35. The lowest BCUT2D eigenvalue weighted by Gasteiger charge is -2.06. The molecule has 1 amide bonds. The first-order chi connectivity index (χ1) is 7.31.